The van der Waals surface area contributed by atoms with E-state index in [9.17, 15) is 4.79 Å². The highest BCUT2D eigenvalue weighted by Crippen LogP contribution is 2.25. The molecule has 0 spiro atoms. The van der Waals surface area contributed by atoms with Gasteiger partial charge in [0.25, 0.3) is 0 Å². The van der Waals surface area contributed by atoms with Crippen LogP contribution >= 0.6 is 0 Å². The van der Waals surface area contributed by atoms with Gasteiger partial charge in [-0.05, 0) is 25.3 Å². The third kappa shape index (κ3) is 1.79. The molecule has 0 amide bonds. The molecule has 0 heterocycles. The quantitative estimate of drug-likeness (QED) is 0.655. The number of carbonyl (C=O) groups excluding carboxylic acids is 1. The van der Waals surface area contributed by atoms with Crippen LogP contribution in [-0.2, 0) is 9.53 Å². The molecule has 0 radical (unpaired) electrons. The summed E-state index contributed by atoms with van der Waals surface area (Å²) in [6, 6.07) is 0. The van der Waals surface area contributed by atoms with E-state index in [1.807, 2.05) is 0 Å². The first-order valence-electron chi connectivity index (χ1n) is 4.72. The maximum atomic E-state index is 11.4. The number of allylic oxidation sites excluding steroid dienone is 1. The molecule has 2 rings (SSSR count). The molecule has 0 aliphatic heterocycles. The first kappa shape index (κ1) is 8.48. The van der Waals surface area contributed by atoms with Crippen LogP contribution in [0, 0.1) is 11.3 Å². The predicted octanol–water partition coefficient (Wildman–Crippen LogP) is 1.68. The van der Waals surface area contributed by atoms with Gasteiger partial charge in [0, 0.05) is 12.1 Å². The third-order valence-electron chi connectivity index (χ3n) is 2.61. The Labute approximate surface area is 77.3 Å². The monoisotopic (exact) mass is 179 g/mol. The molecule has 2 aliphatic carbocycles. The van der Waals surface area contributed by atoms with Gasteiger partial charge in [-0.25, -0.2) is 0 Å². The smallest absolute Gasteiger partial charge is 0.313 e. The van der Waals surface area contributed by atoms with Crippen LogP contribution in [0.1, 0.15) is 25.7 Å². The molecule has 0 aromatic carbocycles. The molecule has 0 bridgehead atoms. The third-order valence-corrected chi connectivity index (χ3v) is 2.61. The summed E-state index contributed by atoms with van der Waals surface area (Å²) < 4.78 is 5.23. The van der Waals surface area contributed by atoms with Gasteiger partial charge in [-0.2, -0.15) is 0 Å². The van der Waals surface area contributed by atoms with Crippen LogP contribution in [0.25, 0.3) is 0 Å². The van der Waals surface area contributed by atoms with Crippen molar-refractivity contribution in [3.8, 4) is 0 Å². The lowest BCUT2D eigenvalue weighted by Crippen LogP contribution is -2.28. The first-order chi connectivity index (χ1) is 6.25. The van der Waals surface area contributed by atoms with E-state index in [1.165, 1.54) is 6.42 Å². The van der Waals surface area contributed by atoms with Crippen LogP contribution in [0.4, 0.5) is 0 Å². The molecule has 3 heteroatoms. The molecule has 70 valence electrons. The Bertz CT molecular complexity index is 266. The number of carbonyl (C=O) groups is 1. The van der Waals surface area contributed by atoms with Crippen molar-refractivity contribution < 1.29 is 9.53 Å². The Morgan fingerprint density at radius 1 is 1.54 bits per heavy atom. The highest BCUT2D eigenvalue weighted by molar-refractivity contribution is 5.99. The average molecular weight is 179 g/mol. The minimum Gasteiger partial charge on any atom is -0.462 e. The van der Waals surface area contributed by atoms with Gasteiger partial charge in [0.15, 0.2) is 0 Å². The number of hydrogen-bond acceptors (Lipinski definition) is 3. The van der Waals surface area contributed by atoms with Crippen molar-refractivity contribution in [1.29, 1.82) is 5.41 Å². The molecular weight excluding hydrogens is 166 g/mol. The van der Waals surface area contributed by atoms with Crippen LogP contribution in [0.2, 0.25) is 0 Å². The van der Waals surface area contributed by atoms with Crippen molar-refractivity contribution in [1.82, 2.24) is 0 Å². The summed E-state index contributed by atoms with van der Waals surface area (Å²) in [5.74, 6) is -0.337. The average Bonchev–Trinajstić information content (AvgIpc) is 2.44. The van der Waals surface area contributed by atoms with E-state index in [2.05, 4.69) is 0 Å². The van der Waals surface area contributed by atoms with E-state index in [0.717, 1.165) is 12.8 Å². The molecule has 0 aromatic rings. The molecule has 1 N–H and O–H groups in total. The molecule has 1 atom stereocenters. The van der Waals surface area contributed by atoms with Gasteiger partial charge in [0.2, 0.25) is 0 Å². The second-order valence-electron chi connectivity index (χ2n) is 3.68. The number of esters is 1. The van der Waals surface area contributed by atoms with Gasteiger partial charge in [0.1, 0.15) is 6.10 Å². The lowest BCUT2D eigenvalue weighted by atomic mass is 9.96. The number of rotatable bonds is 2. The maximum absolute atomic E-state index is 11.4. The van der Waals surface area contributed by atoms with E-state index < -0.39 is 0 Å². The molecule has 2 aliphatic rings. The van der Waals surface area contributed by atoms with Gasteiger partial charge in [-0.15, -0.1) is 0 Å². The number of ether oxygens (including phenoxy) is 1. The van der Waals surface area contributed by atoms with Crippen LogP contribution in [0.5, 0.6) is 0 Å². The highest BCUT2D eigenvalue weighted by atomic mass is 16.5. The zero-order valence-corrected chi connectivity index (χ0v) is 7.45. The van der Waals surface area contributed by atoms with E-state index in [-0.39, 0.29) is 18.0 Å². The number of nitrogens with one attached hydrogen (secondary N) is 1. The summed E-state index contributed by atoms with van der Waals surface area (Å²) in [5, 5.41) is 7.32. The lowest BCUT2D eigenvalue weighted by Gasteiger charge is -2.26. The second-order valence-corrected chi connectivity index (χ2v) is 3.68. The zero-order chi connectivity index (χ0) is 9.26. The summed E-state index contributed by atoms with van der Waals surface area (Å²) in [7, 11) is 0. The van der Waals surface area contributed by atoms with Gasteiger partial charge in [0.05, 0.1) is 5.92 Å². The Morgan fingerprint density at radius 3 is 2.77 bits per heavy atom. The van der Waals surface area contributed by atoms with E-state index >= 15 is 0 Å². The van der Waals surface area contributed by atoms with Crippen molar-refractivity contribution in [2.24, 2.45) is 5.92 Å². The van der Waals surface area contributed by atoms with Crippen LogP contribution in [-0.4, -0.2) is 17.8 Å². The summed E-state index contributed by atoms with van der Waals surface area (Å²) in [6.45, 7) is 0. The van der Waals surface area contributed by atoms with Gasteiger partial charge < -0.3 is 10.1 Å². The lowest BCUT2D eigenvalue weighted by molar-refractivity contribution is -0.155. The van der Waals surface area contributed by atoms with Crippen LogP contribution < -0.4 is 0 Å². The largest absolute Gasteiger partial charge is 0.462 e. The molecule has 0 aromatic heterocycles. The summed E-state index contributed by atoms with van der Waals surface area (Å²) in [4.78, 5) is 11.4. The normalized spacial score (nSPS) is 27.4. The van der Waals surface area contributed by atoms with Crippen LogP contribution in [0.15, 0.2) is 12.2 Å². The minimum absolute atomic E-state index is 0.150. The van der Waals surface area contributed by atoms with Crippen molar-refractivity contribution in [3.05, 3.63) is 12.2 Å². The Kier molecular flexibility index (Phi) is 2.17. The summed E-state index contributed by atoms with van der Waals surface area (Å²) in [5.41, 5.74) is 0.524. The SMILES string of the molecule is N=C1C=C[C@@H](C(=O)OC2CCC2)C1. The minimum atomic E-state index is -0.187. The van der Waals surface area contributed by atoms with Crippen molar-refractivity contribution in [2.75, 3.05) is 0 Å². The van der Waals surface area contributed by atoms with E-state index in [0.29, 0.717) is 12.1 Å². The molecule has 0 unspecified atom stereocenters. The Hall–Kier alpha value is -1.12. The standard InChI is InChI=1S/C10H13NO2/c11-8-5-4-7(6-8)10(12)13-9-2-1-3-9/h4-5,7,9,11H,1-3,6H2/t7-/m1/s1. The first-order valence-corrected chi connectivity index (χ1v) is 4.72. The maximum Gasteiger partial charge on any atom is 0.313 e. The van der Waals surface area contributed by atoms with Crippen molar-refractivity contribution in [2.45, 2.75) is 31.8 Å². The fraction of sp³-hybridized carbons (Fsp3) is 0.600. The molecular formula is C10H13NO2. The number of hydrogen-bond donors (Lipinski definition) is 1. The highest BCUT2D eigenvalue weighted by Gasteiger charge is 2.27. The summed E-state index contributed by atoms with van der Waals surface area (Å²) >= 11 is 0. The van der Waals surface area contributed by atoms with E-state index in [4.69, 9.17) is 10.1 Å². The van der Waals surface area contributed by atoms with E-state index in [1.54, 1.807) is 12.2 Å². The van der Waals surface area contributed by atoms with Gasteiger partial charge >= 0.3 is 5.97 Å². The fourth-order valence-electron chi connectivity index (χ4n) is 1.51. The Balaban J connectivity index is 1.83. The van der Waals surface area contributed by atoms with Crippen molar-refractivity contribution in [3.63, 3.8) is 0 Å². The molecule has 13 heavy (non-hydrogen) atoms. The molecule has 3 nitrogen and oxygen atoms in total. The molecule has 1 fully saturated rings. The van der Waals surface area contributed by atoms with Crippen molar-refractivity contribution >= 4 is 11.7 Å². The molecule has 1 saturated carbocycles. The second kappa shape index (κ2) is 3.32. The Morgan fingerprint density at radius 2 is 2.31 bits per heavy atom. The predicted molar refractivity (Wildman–Crippen MR) is 48.7 cm³/mol. The summed E-state index contributed by atoms with van der Waals surface area (Å²) in [6.07, 6.45) is 7.34. The van der Waals surface area contributed by atoms with Gasteiger partial charge in [-0.1, -0.05) is 6.08 Å². The fourth-order valence-corrected chi connectivity index (χ4v) is 1.51. The van der Waals surface area contributed by atoms with Gasteiger partial charge in [-0.3, -0.25) is 4.79 Å². The topological polar surface area (TPSA) is 50.2 Å². The zero-order valence-electron chi connectivity index (χ0n) is 7.45. The van der Waals surface area contributed by atoms with Crippen LogP contribution in [0.3, 0.4) is 0 Å². The molecule has 0 saturated heterocycles.